The number of piperidine rings is 2. The van der Waals surface area contributed by atoms with Crippen LogP contribution in [0, 0.1) is 0 Å². The van der Waals surface area contributed by atoms with E-state index in [9.17, 15) is 0 Å². The lowest BCUT2D eigenvalue weighted by atomic mass is 9.85. The Morgan fingerprint density at radius 2 is 0.658 bits per heavy atom. The van der Waals surface area contributed by atoms with E-state index >= 15 is 0 Å². The Bertz CT molecular complexity index is 1220. The molecule has 0 aromatic heterocycles. The van der Waals surface area contributed by atoms with E-state index in [0.29, 0.717) is 0 Å². The van der Waals surface area contributed by atoms with E-state index in [2.05, 4.69) is 119 Å². The van der Waals surface area contributed by atoms with Gasteiger partial charge in [-0.25, -0.2) is 0 Å². The first-order valence-corrected chi connectivity index (χ1v) is 14.4. The molecule has 2 heteroatoms. The summed E-state index contributed by atoms with van der Waals surface area (Å²) < 4.78 is 0. The molecule has 0 N–H and O–H groups in total. The Morgan fingerprint density at radius 3 is 1.00 bits per heavy atom. The highest BCUT2D eigenvalue weighted by Gasteiger charge is 2.18. The zero-order valence-corrected chi connectivity index (χ0v) is 22.4. The van der Waals surface area contributed by atoms with E-state index in [-0.39, 0.29) is 0 Å². The van der Waals surface area contributed by atoms with E-state index in [1.54, 1.807) is 0 Å². The highest BCUT2D eigenvalue weighted by molar-refractivity contribution is 6.04. The number of anilines is 2. The van der Waals surface area contributed by atoms with Gasteiger partial charge in [0, 0.05) is 37.6 Å². The van der Waals surface area contributed by atoms with Crippen molar-refractivity contribution in [2.24, 2.45) is 0 Å². The Hall–Kier alpha value is -3.78. The van der Waals surface area contributed by atoms with Crippen LogP contribution >= 0.6 is 0 Å². The summed E-state index contributed by atoms with van der Waals surface area (Å²) in [7, 11) is 0. The molecule has 0 bridgehead atoms. The predicted molar refractivity (Wildman–Crippen MR) is 163 cm³/mol. The molecule has 2 aliphatic rings. The van der Waals surface area contributed by atoms with Gasteiger partial charge in [0.25, 0.3) is 0 Å². The van der Waals surface area contributed by atoms with Gasteiger partial charge in [0.2, 0.25) is 0 Å². The fourth-order valence-electron chi connectivity index (χ4n) is 6.10. The van der Waals surface area contributed by atoms with Crippen molar-refractivity contribution in [3.63, 3.8) is 0 Å². The number of benzene rings is 4. The van der Waals surface area contributed by atoms with E-state index in [1.165, 1.54) is 109 Å². The van der Waals surface area contributed by atoms with Crippen molar-refractivity contribution in [3.8, 4) is 0 Å². The largest absolute Gasteiger partial charge is 0.372 e. The molecule has 0 saturated carbocycles. The SMILES string of the molecule is c1ccc(C(=C(c2ccccc2)c2ccc(N3CCCCC3)cc2)c2ccc(N3CCCCC3)cc2)cc1. The van der Waals surface area contributed by atoms with Gasteiger partial charge in [-0.15, -0.1) is 0 Å². The minimum absolute atomic E-state index is 1.17. The lowest BCUT2D eigenvalue weighted by Crippen LogP contribution is -2.29. The van der Waals surface area contributed by atoms with Crippen molar-refractivity contribution in [2.45, 2.75) is 38.5 Å². The van der Waals surface area contributed by atoms with Crippen LogP contribution in [-0.2, 0) is 0 Å². The van der Waals surface area contributed by atoms with Crippen LogP contribution in [-0.4, -0.2) is 26.2 Å². The lowest BCUT2D eigenvalue weighted by Gasteiger charge is -2.29. The summed E-state index contributed by atoms with van der Waals surface area (Å²) in [5.41, 5.74) is 10.3. The van der Waals surface area contributed by atoms with Crippen molar-refractivity contribution >= 4 is 22.5 Å². The maximum atomic E-state index is 2.54. The van der Waals surface area contributed by atoms with Crippen LogP contribution in [0.2, 0.25) is 0 Å². The minimum atomic E-state index is 1.17. The standard InChI is InChI=1S/C36H38N2/c1-5-13-29(14-6-1)35(31-17-21-33(22-18-31)37-25-9-3-10-26-37)36(30-15-7-2-8-16-30)32-19-23-34(24-20-32)38-27-11-4-12-28-38/h1-2,5-8,13-24H,3-4,9-12,25-28H2. The van der Waals surface area contributed by atoms with E-state index in [4.69, 9.17) is 0 Å². The summed E-state index contributed by atoms with van der Waals surface area (Å²) in [6.45, 7) is 4.66. The molecule has 4 aromatic rings. The Balaban J connectivity index is 1.48. The van der Waals surface area contributed by atoms with Gasteiger partial charge in [-0.1, -0.05) is 84.9 Å². The second-order valence-corrected chi connectivity index (χ2v) is 10.7. The first-order chi connectivity index (χ1) is 18.9. The Kier molecular flexibility index (Phi) is 7.58. The summed E-state index contributed by atoms with van der Waals surface area (Å²) in [5.74, 6) is 0. The van der Waals surface area contributed by atoms with Crippen molar-refractivity contribution < 1.29 is 0 Å². The lowest BCUT2D eigenvalue weighted by molar-refractivity contribution is 0.578. The van der Waals surface area contributed by atoms with Gasteiger partial charge in [0.05, 0.1) is 0 Å². The first kappa shape index (κ1) is 24.6. The Morgan fingerprint density at radius 1 is 0.342 bits per heavy atom. The second kappa shape index (κ2) is 11.7. The average molecular weight is 499 g/mol. The monoisotopic (exact) mass is 498 g/mol. The zero-order valence-electron chi connectivity index (χ0n) is 22.4. The maximum absolute atomic E-state index is 2.54. The van der Waals surface area contributed by atoms with Gasteiger partial charge >= 0.3 is 0 Å². The molecule has 0 aliphatic carbocycles. The van der Waals surface area contributed by atoms with Crippen molar-refractivity contribution in [1.29, 1.82) is 0 Å². The van der Waals surface area contributed by atoms with Crippen molar-refractivity contribution in [2.75, 3.05) is 36.0 Å². The maximum Gasteiger partial charge on any atom is 0.0366 e. The van der Waals surface area contributed by atoms with E-state index in [0.717, 1.165) is 0 Å². The molecule has 0 atom stereocenters. The molecule has 4 aromatic carbocycles. The van der Waals surface area contributed by atoms with Crippen LogP contribution in [0.15, 0.2) is 109 Å². The molecule has 2 aliphatic heterocycles. The minimum Gasteiger partial charge on any atom is -0.372 e. The van der Waals surface area contributed by atoms with Gasteiger partial charge < -0.3 is 9.80 Å². The molecule has 38 heavy (non-hydrogen) atoms. The number of rotatable bonds is 6. The van der Waals surface area contributed by atoms with E-state index < -0.39 is 0 Å². The summed E-state index contributed by atoms with van der Waals surface area (Å²) in [6, 6.07) is 40.4. The molecule has 2 heterocycles. The molecule has 0 spiro atoms. The smallest absolute Gasteiger partial charge is 0.0366 e. The van der Waals surface area contributed by atoms with E-state index in [1.807, 2.05) is 0 Å². The molecule has 0 unspecified atom stereocenters. The highest BCUT2D eigenvalue weighted by atomic mass is 15.1. The van der Waals surface area contributed by atoms with Crippen LogP contribution < -0.4 is 9.80 Å². The van der Waals surface area contributed by atoms with Crippen molar-refractivity contribution in [3.05, 3.63) is 131 Å². The van der Waals surface area contributed by atoms with Gasteiger partial charge in [-0.3, -0.25) is 0 Å². The van der Waals surface area contributed by atoms with Gasteiger partial charge in [-0.2, -0.15) is 0 Å². The van der Waals surface area contributed by atoms with Crippen LogP contribution in [0.3, 0.4) is 0 Å². The summed E-state index contributed by atoms with van der Waals surface area (Å²) in [5, 5.41) is 0. The molecule has 192 valence electrons. The quantitative estimate of drug-likeness (QED) is 0.245. The second-order valence-electron chi connectivity index (χ2n) is 10.7. The third kappa shape index (κ3) is 5.41. The molecule has 6 rings (SSSR count). The summed E-state index contributed by atoms with van der Waals surface area (Å²) >= 11 is 0. The van der Waals surface area contributed by atoms with Gasteiger partial charge in [0.15, 0.2) is 0 Å². The normalized spacial score (nSPS) is 16.7. The van der Waals surface area contributed by atoms with Crippen LogP contribution in [0.25, 0.3) is 11.1 Å². The number of nitrogens with zero attached hydrogens (tertiary/aromatic N) is 2. The molecular formula is C36H38N2. The summed E-state index contributed by atoms with van der Waals surface area (Å²) in [4.78, 5) is 5.08. The fraction of sp³-hybridized carbons (Fsp3) is 0.278. The predicted octanol–water partition coefficient (Wildman–Crippen LogP) is 8.67. The highest BCUT2D eigenvalue weighted by Crippen LogP contribution is 2.38. The zero-order chi connectivity index (χ0) is 25.6. The van der Waals surface area contributed by atoms with Gasteiger partial charge in [-0.05, 0) is 96.2 Å². The molecule has 2 saturated heterocycles. The number of hydrogen-bond donors (Lipinski definition) is 0. The number of hydrogen-bond acceptors (Lipinski definition) is 2. The average Bonchev–Trinajstić information content (AvgIpc) is 3.02. The fourth-order valence-corrected chi connectivity index (χ4v) is 6.10. The third-order valence-electron chi connectivity index (χ3n) is 8.13. The van der Waals surface area contributed by atoms with Crippen LogP contribution in [0.5, 0.6) is 0 Å². The van der Waals surface area contributed by atoms with Crippen molar-refractivity contribution in [1.82, 2.24) is 0 Å². The van der Waals surface area contributed by atoms with Crippen LogP contribution in [0.4, 0.5) is 11.4 Å². The third-order valence-corrected chi connectivity index (χ3v) is 8.13. The molecular weight excluding hydrogens is 460 g/mol. The molecule has 0 radical (unpaired) electrons. The van der Waals surface area contributed by atoms with Crippen LogP contribution in [0.1, 0.15) is 60.8 Å². The first-order valence-electron chi connectivity index (χ1n) is 14.4. The molecule has 0 amide bonds. The topological polar surface area (TPSA) is 6.48 Å². The molecule has 2 nitrogen and oxygen atoms in total. The van der Waals surface area contributed by atoms with Gasteiger partial charge in [0.1, 0.15) is 0 Å². The molecule has 2 fully saturated rings. The summed E-state index contributed by atoms with van der Waals surface area (Å²) in [6.07, 6.45) is 7.88. The Labute approximate surface area is 228 Å².